The van der Waals surface area contributed by atoms with Crippen LogP contribution in [0.1, 0.15) is 32.0 Å². The zero-order chi connectivity index (χ0) is 14.9. The first kappa shape index (κ1) is 15.2. The molecule has 6 heteroatoms. The second kappa shape index (κ2) is 6.06. The van der Waals surface area contributed by atoms with Crippen LogP contribution in [0, 0.1) is 11.6 Å². The maximum Gasteiger partial charge on any atom is 0.184 e. The molecule has 0 radical (unpaired) electrons. The molecule has 2 aromatic rings. The Labute approximate surface area is 121 Å². The Bertz CT molecular complexity index is 611. The summed E-state index contributed by atoms with van der Waals surface area (Å²) in [5.74, 6) is -1.28. The number of ether oxygens (including phenoxy) is 1. The third kappa shape index (κ3) is 2.94. The summed E-state index contributed by atoms with van der Waals surface area (Å²) in [6, 6.07) is 2.53. The van der Waals surface area contributed by atoms with Crippen molar-refractivity contribution >= 4 is 22.6 Å². The van der Waals surface area contributed by atoms with Crippen molar-refractivity contribution in [2.45, 2.75) is 38.8 Å². The Kier molecular flexibility index (Phi) is 4.60. The molecule has 1 heterocycles. The number of imidazole rings is 1. The summed E-state index contributed by atoms with van der Waals surface area (Å²) in [6.07, 6.45) is 0.0724. The highest BCUT2D eigenvalue weighted by Gasteiger charge is 2.19. The molecule has 0 aliphatic heterocycles. The summed E-state index contributed by atoms with van der Waals surface area (Å²) < 4.78 is 34.5. The average molecular weight is 303 g/mol. The van der Waals surface area contributed by atoms with Crippen molar-refractivity contribution in [2.75, 3.05) is 6.61 Å². The van der Waals surface area contributed by atoms with Crippen molar-refractivity contribution < 1.29 is 13.5 Å². The van der Waals surface area contributed by atoms with Crippen LogP contribution in [-0.2, 0) is 11.3 Å². The minimum absolute atomic E-state index is 0.0724. The van der Waals surface area contributed by atoms with E-state index in [1.807, 2.05) is 13.8 Å². The molecule has 0 aliphatic carbocycles. The van der Waals surface area contributed by atoms with Crippen molar-refractivity contribution in [3.63, 3.8) is 0 Å². The van der Waals surface area contributed by atoms with Gasteiger partial charge in [-0.05, 0) is 32.9 Å². The maximum absolute atomic E-state index is 14.0. The molecular formula is C14H17ClF2N2O. The van der Waals surface area contributed by atoms with Crippen LogP contribution in [0.4, 0.5) is 8.78 Å². The smallest absolute Gasteiger partial charge is 0.184 e. The molecule has 0 bridgehead atoms. The number of halogens is 3. The zero-order valence-electron chi connectivity index (χ0n) is 11.7. The van der Waals surface area contributed by atoms with Gasteiger partial charge < -0.3 is 9.30 Å². The molecule has 0 N–H and O–H groups in total. The first-order chi connectivity index (χ1) is 9.41. The lowest BCUT2D eigenvalue weighted by Gasteiger charge is -2.12. The maximum atomic E-state index is 14.0. The van der Waals surface area contributed by atoms with E-state index in [9.17, 15) is 8.78 Å². The second-order valence-electron chi connectivity index (χ2n) is 4.89. The largest absolute Gasteiger partial charge is 0.377 e. The molecule has 1 aromatic carbocycles. The number of hydrogen-bond donors (Lipinski definition) is 0. The van der Waals surface area contributed by atoms with Gasteiger partial charge in [0.25, 0.3) is 0 Å². The molecule has 2 rings (SSSR count). The third-order valence-electron chi connectivity index (χ3n) is 2.95. The van der Waals surface area contributed by atoms with Gasteiger partial charge in [0.1, 0.15) is 11.3 Å². The van der Waals surface area contributed by atoms with E-state index in [2.05, 4.69) is 4.98 Å². The van der Waals surface area contributed by atoms with E-state index in [4.69, 9.17) is 16.3 Å². The van der Waals surface area contributed by atoms with Crippen molar-refractivity contribution in [1.29, 1.82) is 0 Å². The van der Waals surface area contributed by atoms with Gasteiger partial charge in [-0.15, -0.1) is 11.6 Å². The van der Waals surface area contributed by atoms with E-state index in [-0.39, 0.29) is 11.6 Å². The number of nitrogens with zero attached hydrogens (tertiary/aromatic N) is 2. The summed E-state index contributed by atoms with van der Waals surface area (Å²) in [4.78, 5) is 4.28. The first-order valence-corrected chi connectivity index (χ1v) is 6.95. The van der Waals surface area contributed by atoms with Crippen molar-refractivity contribution in [3.8, 4) is 0 Å². The summed E-state index contributed by atoms with van der Waals surface area (Å²) in [5, 5.41) is -0.399. The predicted octanol–water partition coefficient (Wildman–Crippen LogP) is 4.04. The normalized spacial score (nSPS) is 13.3. The Morgan fingerprint density at radius 3 is 2.60 bits per heavy atom. The van der Waals surface area contributed by atoms with Gasteiger partial charge in [0.05, 0.1) is 23.6 Å². The second-order valence-corrected chi connectivity index (χ2v) is 5.54. The van der Waals surface area contributed by atoms with Crippen LogP contribution in [-0.4, -0.2) is 22.3 Å². The Hall–Kier alpha value is -1.20. The quantitative estimate of drug-likeness (QED) is 0.779. The number of benzene rings is 1. The highest BCUT2D eigenvalue weighted by atomic mass is 35.5. The average Bonchev–Trinajstić information content (AvgIpc) is 2.73. The zero-order valence-corrected chi connectivity index (χ0v) is 12.4. The fraction of sp³-hybridized carbons (Fsp3) is 0.500. The third-order valence-corrected chi connectivity index (χ3v) is 3.15. The number of alkyl halides is 1. The molecule has 20 heavy (non-hydrogen) atoms. The topological polar surface area (TPSA) is 27.1 Å². The summed E-state index contributed by atoms with van der Waals surface area (Å²) >= 11 is 6.07. The number of fused-ring (bicyclic) bond motifs is 1. The van der Waals surface area contributed by atoms with E-state index < -0.39 is 17.0 Å². The van der Waals surface area contributed by atoms with Gasteiger partial charge in [-0.2, -0.15) is 0 Å². The minimum Gasteiger partial charge on any atom is -0.377 e. The van der Waals surface area contributed by atoms with E-state index in [0.717, 1.165) is 6.07 Å². The molecule has 0 fully saturated rings. The van der Waals surface area contributed by atoms with Crippen molar-refractivity contribution in [1.82, 2.24) is 9.55 Å². The van der Waals surface area contributed by atoms with Gasteiger partial charge in [0.15, 0.2) is 11.6 Å². The molecule has 0 saturated carbocycles. The van der Waals surface area contributed by atoms with Crippen molar-refractivity contribution in [3.05, 3.63) is 29.6 Å². The number of aromatic nitrogens is 2. The molecule has 1 unspecified atom stereocenters. The predicted molar refractivity (Wildman–Crippen MR) is 75.0 cm³/mol. The molecule has 0 saturated heterocycles. The van der Waals surface area contributed by atoms with Crippen LogP contribution in [0.15, 0.2) is 12.1 Å². The van der Waals surface area contributed by atoms with E-state index in [1.165, 1.54) is 6.07 Å². The van der Waals surface area contributed by atoms with Crippen LogP contribution in [0.25, 0.3) is 11.0 Å². The van der Waals surface area contributed by atoms with Gasteiger partial charge in [-0.1, -0.05) is 0 Å². The first-order valence-electron chi connectivity index (χ1n) is 6.51. The van der Waals surface area contributed by atoms with E-state index in [1.54, 1.807) is 11.5 Å². The molecule has 0 spiro atoms. The van der Waals surface area contributed by atoms with E-state index >= 15 is 0 Å². The monoisotopic (exact) mass is 302 g/mol. The molecule has 0 aliphatic rings. The van der Waals surface area contributed by atoms with Crippen LogP contribution in [0.5, 0.6) is 0 Å². The molecule has 3 nitrogen and oxygen atoms in total. The number of hydrogen-bond acceptors (Lipinski definition) is 2. The molecule has 110 valence electrons. The van der Waals surface area contributed by atoms with Crippen molar-refractivity contribution in [2.24, 2.45) is 0 Å². The standard InChI is InChI=1S/C14H17ClF2N2O/c1-8(2)20-7-6-19-13-11(18-14(19)9(3)15)5-4-10(16)12(13)17/h4-5,8-9H,6-7H2,1-3H3. The van der Waals surface area contributed by atoms with Crippen LogP contribution >= 0.6 is 11.6 Å². The van der Waals surface area contributed by atoms with Crippen LogP contribution in [0.2, 0.25) is 0 Å². The molecule has 1 atom stereocenters. The fourth-order valence-electron chi connectivity index (χ4n) is 2.08. The van der Waals surface area contributed by atoms with Gasteiger partial charge in [-0.25, -0.2) is 13.8 Å². The summed E-state index contributed by atoms with van der Waals surface area (Å²) in [5.41, 5.74) is 0.538. The van der Waals surface area contributed by atoms with E-state index in [0.29, 0.717) is 24.5 Å². The fourth-order valence-corrected chi connectivity index (χ4v) is 2.25. The lowest BCUT2D eigenvalue weighted by Crippen LogP contribution is -2.13. The Morgan fingerprint density at radius 2 is 2.00 bits per heavy atom. The lowest BCUT2D eigenvalue weighted by atomic mass is 10.3. The molecule has 1 aromatic heterocycles. The lowest BCUT2D eigenvalue weighted by molar-refractivity contribution is 0.0728. The highest BCUT2D eigenvalue weighted by molar-refractivity contribution is 6.20. The molecule has 0 amide bonds. The highest BCUT2D eigenvalue weighted by Crippen LogP contribution is 2.27. The van der Waals surface area contributed by atoms with Gasteiger partial charge in [0.2, 0.25) is 0 Å². The minimum atomic E-state index is -0.900. The van der Waals surface area contributed by atoms with Gasteiger partial charge in [0, 0.05) is 6.54 Å². The Morgan fingerprint density at radius 1 is 1.30 bits per heavy atom. The Balaban J connectivity index is 2.47. The summed E-state index contributed by atoms with van der Waals surface area (Å²) in [6.45, 7) is 6.34. The SMILES string of the molecule is CC(C)OCCn1c(C(C)Cl)nc2ccc(F)c(F)c21. The van der Waals surface area contributed by atoms with Gasteiger partial charge >= 0.3 is 0 Å². The molecular weight excluding hydrogens is 286 g/mol. The summed E-state index contributed by atoms with van der Waals surface area (Å²) in [7, 11) is 0. The van der Waals surface area contributed by atoms with Gasteiger partial charge in [-0.3, -0.25) is 0 Å². The van der Waals surface area contributed by atoms with Crippen LogP contribution in [0.3, 0.4) is 0 Å². The van der Waals surface area contributed by atoms with Crippen LogP contribution < -0.4 is 0 Å². The number of rotatable bonds is 5.